The molecule has 1 atom stereocenters. The van der Waals surface area contributed by atoms with Crippen LogP contribution in [0.15, 0.2) is 41.8 Å². The molecule has 3 rings (SSSR count). The number of carbonyl (C=O) groups excluding carboxylic acids is 1. The standard InChI is InChI=1S/C19H23FN2OS/c1-14(2)17-13-21(12-15-6-3-4-7-16(15)20)9-10-22(17)19(23)18-8-5-11-24-18/h3-8,11,14,17H,9-10,12-13H2,1-2H3/t17-/m1/s1. The lowest BCUT2D eigenvalue weighted by molar-refractivity contribution is 0.0330. The second-order valence-electron chi connectivity index (χ2n) is 6.61. The quantitative estimate of drug-likeness (QED) is 0.839. The molecule has 0 unspecified atom stereocenters. The fourth-order valence-corrected chi connectivity index (χ4v) is 3.92. The summed E-state index contributed by atoms with van der Waals surface area (Å²) in [6, 6.07) is 10.9. The predicted octanol–water partition coefficient (Wildman–Crippen LogP) is 3.87. The fourth-order valence-electron chi connectivity index (χ4n) is 3.25. The van der Waals surface area contributed by atoms with E-state index in [1.54, 1.807) is 6.07 Å². The zero-order valence-corrected chi connectivity index (χ0v) is 14.9. The van der Waals surface area contributed by atoms with Gasteiger partial charge in [-0.15, -0.1) is 11.3 Å². The van der Waals surface area contributed by atoms with E-state index in [1.165, 1.54) is 17.4 Å². The highest BCUT2D eigenvalue weighted by molar-refractivity contribution is 7.12. The van der Waals surface area contributed by atoms with Crippen molar-refractivity contribution < 1.29 is 9.18 Å². The number of halogens is 1. The molecule has 128 valence electrons. The molecule has 1 aromatic heterocycles. The molecule has 1 aliphatic heterocycles. The summed E-state index contributed by atoms with van der Waals surface area (Å²) in [6.45, 7) is 7.13. The fraction of sp³-hybridized carbons (Fsp3) is 0.421. The second-order valence-corrected chi connectivity index (χ2v) is 7.56. The molecular formula is C19H23FN2OS. The van der Waals surface area contributed by atoms with E-state index in [0.717, 1.165) is 23.5 Å². The molecule has 1 aromatic carbocycles. The Morgan fingerprint density at radius 3 is 2.71 bits per heavy atom. The summed E-state index contributed by atoms with van der Waals surface area (Å²) in [6.07, 6.45) is 0. The molecule has 1 aliphatic rings. The number of carbonyl (C=O) groups is 1. The Morgan fingerprint density at radius 2 is 2.04 bits per heavy atom. The van der Waals surface area contributed by atoms with Gasteiger partial charge >= 0.3 is 0 Å². The second kappa shape index (κ2) is 7.45. The number of rotatable bonds is 4. The summed E-state index contributed by atoms with van der Waals surface area (Å²) < 4.78 is 13.9. The van der Waals surface area contributed by atoms with Crippen LogP contribution < -0.4 is 0 Å². The third-order valence-corrected chi connectivity index (χ3v) is 5.47. The molecule has 0 radical (unpaired) electrons. The summed E-state index contributed by atoms with van der Waals surface area (Å²) in [5.41, 5.74) is 0.720. The Labute approximate surface area is 146 Å². The third kappa shape index (κ3) is 3.68. The Kier molecular flexibility index (Phi) is 5.31. The molecule has 2 heterocycles. The molecule has 1 amide bonds. The van der Waals surface area contributed by atoms with E-state index < -0.39 is 0 Å². The number of piperazine rings is 1. The van der Waals surface area contributed by atoms with E-state index in [0.29, 0.717) is 19.0 Å². The van der Waals surface area contributed by atoms with Gasteiger partial charge in [0.25, 0.3) is 5.91 Å². The summed E-state index contributed by atoms with van der Waals surface area (Å²) in [4.78, 5) is 17.8. The maximum atomic E-state index is 13.9. The van der Waals surface area contributed by atoms with Crippen LogP contribution in [-0.2, 0) is 6.54 Å². The average Bonchev–Trinajstić information content (AvgIpc) is 3.11. The van der Waals surface area contributed by atoms with E-state index >= 15 is 0 Å². The SMILES string of the molecule is CC(C)[C@H]1CN(Cc2ccccc2F)CCN1C(=O)c1cccs1. The van der Waals surface area contributed by atoms with Gasteiger partial charge in [-0.3, -0.25) is 9.69 Å². The average molecular weight is 346 g/mol. The van der Waals surface area contributed by atoms with Crippen LogP contribution in [-0.4, -0.2) is 41.4 Å². The zero-order valence-electron chi connectivity index (χ0n) is 14.1. The number of amides is 1. The summed E-state index contributed by atoms with van der Waals surface area (Å²) >= 11 is 1.49. The molecule has 1 fully saturated rings. The number of nitrogens with zero attached hydrogens (tertiary/aromatic N) is 2. The first-order valence-corrected chi connectivity index (χ1v) is 9.24. The van der Waals surface area contributed by atoms with Gasteiger partial charge in [-0.2, -0.15) is 0 Å². The number of hydrogen-bond acceptors (Lipinski definition) is 3. The molecule has 24 heavy (non-hydrogen) atoms. The lowest BCUT2D eigenvalue weighted by Crippen LogP contribution is -2.56. The smallest absolute Gasteiger partial charge is 0.264 e. The van der Waals surface area contributed by atoms with Crippen LogP contribution in [0.3, 0.4) is 0 Å². The minimum absolute atomic E-state index is 0.120. The Balaban J connectivity index is 1.72. The Hall–Kier alpha value is -1.72. The number of benzene rings is 1. The van der Waals surface area contributed by atoms with Gasteiger partial charge in [0.15, 0.2) is 0 Å². The molecule has 1 saturated heterocycles. The minimum Gasteiger partial charge on any atom is -0.332 e. The minimum atomic E-state index is -0.157. The van der Waals surface area contributed by atoms with Crippen LogP contribution in [0.4, 0.5) is 4.39 Å². The molecule has 3 nitrogen and oxygen atoms in total. The Morgan fingerprint density at radius 1 is 1.25 bits per heavy atom. The first-order valence-electron chi connectivity index (χ1n) is 8.36. The molecule has 0 saturated carbocycles. The molecule has 0 N–H and O–H groups in total. The van der Waals surface area contributed by atoms with Gasteiger partial charge in [0.2, 0.25) is 0 Å². The summed E-state index contributed by atoms with van der Waals surface area (Å²) in [7, 11) is 0. The highest BCUT2D eigenvalue weighted by Gasteiger charge is 2.33. The van der Waals surface area contributed by atoms with Crippen molar-refractivity contribution in [1.29, 1.82) is 0 Å². The largest absolute Gasteiger partial charge is 0.332 e. The topological polar surface area (TPSA) is 23.6 Å². The molecule has 2 aromatic rings. The van der Waals surface area contributed by atoms with Crippen LogP contribution in [0.5, 0.6) is 0 Å². The normalized spacial score (nSPS) is 19.0. The first kappa shape index (κ1) is 17.1. The van der Waals surface area contributed by atoms with Crippen LogP contribution in [0, 0.1) is 11.7 Å². The van der Waals surface area contributed by atoms with Crippen LogP contribution in [0.1, 0.15) is 29.1 Å². The molecule has 0 aliphatic carbocycles. The highest BCUT2D eigenvalue weighted by atomic mass is 32.1. The zero-order chi connectivity index (χ0) is 17.1. The van der Waals surface area contributed by atoms with Crippen LogP contribution in [0.25, 0.3) is 0 Å². The van der Waals surface area contributed by atoms with Gasteiger partial charge < -0.3 is 4.90 Å². The van der Waals surface area contributed by atoms with E-state index in [1.807, 2.05) is 34.5 Å². The van der Waals surface area contributed by atoms with Gasteiger partial charge in [0.05, 0.1) is 4.88 Å². The van der Waals surface area contributed by atoms with Gasteiger partial charge in [-0.1, -0.05) is 38.1 Å². The molecular weight excluding hydrogens is 323 g/mol. The van der Waals surface area contributed by atoms with Crippen molar-refractivity contribution in [1.82, 2.24) is 9.80 Å². The third-order valence-electron chi connectivity index (χ3n) is 4.62. The van der Waals surface area contributed by atoms with Crippen molar-refractivity contribution in [3.63, 3.8) is 0 Å². The van der Waals surface area contributed by atoms with Crippen molar-refractivity contribution in [2.45, 2.75) is 26.4 Å². The lowest BCUT2D eigenvalue weighted by Gasteiger charge is -2.43. The van der Waals surface area contributed by atoms with E-state index in [4.69, 9.17) is 0 Å². The van der Waals surface area contributed by atoms with Gasteiger partial charge in [0, 0.05) is 37.8 Å². The highest BCUT2D eigenvalue weighted by Crippen LogP contribution is 2.23. The predicted molar refractivity (Wildman–Crippen MR) is 95.7 cm³/mol. The Bertz CT molecular complexity index is 686. The van der Waals surface area contributed by atoms with Crippen molar-refractivity contribution >= 4 is 17.2 Å². The van der Waals surface area contributed by atoms with Crippen molar-refractivity contribution in [3.8, 4) is 0 Å². The maximum Gasteiger partial charge on any atom is 0.264 e. The van der Waals surface area contributed by atoms with E-state index in [2.05, 4.69) is 18.7 Å². The van der Waals surface area contributed by atoms with E-state index in [-0.39, 0.29) is 17.8 Å². The maximum absolute atomic E-state index is 13.9. The van der Waals surface area contributed by atoms with Crippen molar-refractivity contribution in [2.75, 3.05) is 19.6 Å². The number of hydrogen-bond donors (Lipinski definition) is 0. The first-order chi connectivity index (χ1) is 11.6. The van der Waals surface area contributed by atoms with Gasteiger partial charge in [-0.05, 0) is 23.4 Å². The van der Waals surface area contributed by atoms with Gasteiger partial charge in [-0.25, -0.2) is 4.39 Å². The molecule has 0 bridgehead atoms. The van der Waals surface area contributed by atoms with E-state index in [9.17, 15) is 9.18 Å². The monoisotopic (exact) mass is 346 g/mol. The lowest BCUT2D eigenvalue weighted by atomic mass is 9.98. The van der Waals surface area contributed by atoms with Gasteiger partial charge in [0.1, 0.15) is 5.82 Å². The van der Waals surface area contributed by atoms with Crippen molar-refractivity contribution in [2.24, 2.45) is 5.92 Å². The molecule has 0 spiro atoms. The number of thiophene rings is 1. The molecule has 5 heteroatoms. The van der Waals surface area contributed by atoms with Crippen LogP contribution in [0.2, 0.25) is 0 Å². The summed E-state index contributed by atoms with van der Waals surface area (Å²) in [5.74, 6) is 0.322. The van der Waals surface area contributed by atoms with Crippen LogP contribution >= 0.6 is 11.3 Å². The summed E-state index contributed by atoms with van der Waals surface area (Å²) in [5, 5.41) is 1.94. The van der Waals surface area contributed by atoms with Crippen molar-refractivity contribution in [3.05, 3.63) is 58.0 Å².